The van der Waals surface area contributed by atoms with Gasteiger partial charge in [0.05, 0.1) is 26.4 Å². The summed E-state index contributed by atoms with van der Waals surface area (Å²) in [7, 11) is -9.91. The van der Waals surface area contributed by atoms with Crippen LogP contribution in [-0.4, -0.2) is 96.7 Å². The molecule has 3 N–H and O–H groups in total. The van der Waals surface area contributed by atoms with Crippen LogP contribution in [0, 0.1) is 11.8 Å². The molecule has 0 aliphatic rings. The summed E-state index contributed by atoms with van der Waals surface area (Å²) in [6, 6.07) is 0. The summed E-state index contributed by atoms with van der Waals surface area (Å²) in [4.78, 5) is 72.8. The number of rotatable bonds is 78. The van der Waals surface area contributed by atoms with Crippen LogP contribution in [0.25, 0.3) is 0 Å². The molecule has 0 heterocycles. The molecule has 19 heteroatoms. The van der Waals surface area contributed by atoms with Crippen molar-refractivity contribution in [2.24, 2.45) is 11.8 Å². The van der Waals surface area contributed by atoms with Crippen molar-refractivity contribution in [2.75, 3.05) is 39.6 Å². The minimum absolute atomic E-state index is 0.104. The summed E-state index contributed by atoms with van der Waals surface area (Å²) < 4.78 is 68.6. The number of ether oxygens (including phenoxy) is 4. The van der Waals surface area contributed by atoms with E-state index in [0.29, 0.717) is 31.6 Å². The van der Waals surface area contributed by atoms with Crippen molar-refractivity contribution in [3.05, 3.63) is 0 Å². The van der Waals surface area contributed by atoms with E-state index < -0.39 is 97.5 Å². The fourth-order valence-corrected chi connectivity index (χ4v) is 13.8. The number of unbranched alkanes of at least 4 members (excludes halogenated alkanes) is 48. The molecular formula is C79H154O17P2. The number of aliphatic hydroxyl groups is 1. The molecule has 0 rings (SSSR count). The molecule has 0 amide bonds. The van der Waals surface area contributed by atoms with E-state index in [-0.39, 0.29) is 25.7 Å². The van der Waals surface area contributed by atoms with Crippen LogP contribution in [0.15, 0.2) is 0 Å². The Kier molecular flexibility index (Phi) is 69.3. The van der Waals surface area contributed by atoms with Crippen molar-refractivity contribution < 1.29 is 80.2 Å². The molecule has 0 aliphatic carbocycles. The largest absolute Gasteiger partial charge is 0.472 e. The van der Waals surface area contributed by atoms with Gasteiger partial charge in [-0.2, -0.15) is 0 Å². The number of carbonyl (C=O) groups excluding carboxylic acids is 4. The van der Waals surface area contributed by atoms with E-state index in [2.05, 4.69) is 41.5 Å². The van der Waals surface area contributed by atoms with E-state index in [1.807, 2.05) is 0 Å². The molecule has 0 aromatic carbocycles. The summed E-state index contributed by atoms with van der Waals surface area (Å²) >= 11 is 0. The minimum Gasteiger partial charge on any atom is -0.462 e. The van der Waals surface area contributed by atoms with Crippen LogP contribution >= 0.6 is 15.6 Å². The Bertz CT molecular complexity index is 1890. The number of esters is 4. The molecule has 0 aliphatic heterocycles. The third kappa shape index (κ3) is 72.4. The number of carbonyl (C=O) groups is 4. The van der Waals surface area contributed by atoms with Gasteiger partial charge in [0, 0.05) is 25.7 Å². The molecule has 0 saturated carbocycles. The van der Waals surface area contributed by atoms with Crippen molar-refractivity contribution in [3.8, 4) is 0 Å². The zero-order valence-corrected chi connectivity index (χ0v) is 65.9. The summed E-state index contributed by atoms with van der Waals surface area (Å²) in [5.74, 6) is -0.719. The third-order valence-electron chi connectivity index (χ3n) is 18.5. The van der Waals surface area contributed by atoms with E-state index >= 15 is 0 Å². The maximum absolute atomic E-state index is 13.1. The van der Waals surface area contributed by atoms with Gasteiger partial charge < -0.3 is 33.8 Å². The average Bonchev–Trinajstić information content (AvgIpc) is 1.02. The normalized spacial score (nSPS) is 13.9. The molecule has 582 valence electrons. The molecule has 98 heavy (non-hydrogen) atoms. The third-order valence-corrected chi connectivity index (χ3v) is 20.4. The quantitative estimate of drug-likeness (QED) is 0.0222. The van der Waals surface area contributed by atoms with Gasteiger partial charge in [-0.3, -0.25) is 37.3 Å². The van der Waals surface area contributed by atoms with Crippen molar-refractivity contribution in [1.82, 2.24) is 0 Å². The van der Waals surface area contributed by atoms with Crippen LogP contribution in [0.3, 0.4) is 0 Å². The molecule has 0 bridgehead atoms. The maximum Gasteiger partial charge on any atom is 0.472 e. The molecule has 0 aromatic heterocycles. The van der Waals surface area contributed by atoms with Crippen LogP contribution in [-0.2, 0) is 65.4 Å². The predicted molar refractivity (Wildman–Crippen MR) is 400 cm³/mol. The minimum atomic E-state index is -4.96. The van der Waals surface area contributed by atoms with E-state index in [1.54, 1.807) is 0 Å². The van der Waals surface area contributed by atoms with Crippen LogP contribution in [0.1, 0.15) is 414 Å². The van der Waals surface area contributed by atoms with Gasteiger partial charge in [-0.25, -0.2) is 9.13 Å². The average molecular weight is 1440 g/mol. The van der Waals surface area contributed by atoms with Gasteiger partial charge in [-0.05, 0) is 37.5 Å². The van der Waals surface area contributed by atoms with Gasteiger partial charge in [0.1, 0.15) is 19.3 Å². The van der Waals surface area contributed by atoms with Crippen molar-refractivity contribution in [1.29, 1.82) is 0 Å². The van der Waals surface area contributed by atoms with Crippen molar-refractivity contribution in [2.45, 2.75) is 432 Å². The highest BCUT2D eigenvalue weighted by Crippen LogP contribution is 2.45. The number of hydrogen-bond donors (Lipinski definition) is 3. The topological polar surface area (TPSA) is 237 Å². The fourth-order valence-electron chi connectivity index (χ4n) is 12.2. The van der Waals surface area contributed by atoms with E-state index in [9.17, 15) is 43.2 Å². The van der Waals surface area contributed by atoms with Crippen molar-refractivity contribution >= 4 is 39.5 Å². The first-order chi connectivity index (χ1) is 47.4. The highest BCUT2D eigenvalue weighted by atomic mass is 31.2. The lowest BCUT2D eigenvalue weighted by atomic mass is 10.0. The molecule has 2 unspecified atom stereocenters. The summed E-state index contributed by atoms with van der Waals surface area (Å²) in [5, 5.41) is 10.6. The van der Waals surface area contributed by atoms with E-state index in [0.717, 1.165) is 102 Å². The lowest BCUT2D eigenvalue weighted by Gasteiger charge is -2.21. The Balaban J connectivity index is 5.20. The zero-order chi connectivity index (χ0) is 72.1. The number of phosphoric acid groups is 2. The standard InChI is InChI=1S/C79H154O17P2/c1-7-9-11-13-15-17-19-21-23-25-27-29-31-33-35-37-42-49-55-61-76(81)89-67-74(95-78(83)63-57-51-43-38-36-34-32-30-28-26-24-22-20-18-16-14-12-10-8-2)69-93-97(85,86)91-65-73(80)66-92-98(87,88)94-70-75(68-90-77(82)62-56-50-46-45-48-54-60-72(5)6)96-79(84)64-58-52-44-40-39-41-47-53-59-71(3)4/h71-75,80H,7-70H2,1-6H3,(H,85,86)(H,87,88)/t73-,74-,75-/m1/s1. The molecule has 0 fully saturated rings. The van der Waals surface area contributed by atoms with Crippen LogP contribution < -0.4 is 0 Å². The highest BCUT2D eigenvalue weighted by Gasteiger charge is 2.30. The molecule has 0 aromatic rings. The summed E-state index contributed by atoms with van der Waals surface area (Å²) in [5.41, 5.74) is 0. The Morgan fingerprint density at radius 2 is 0.469 bits per heavy atom. The molecule has 5 atom stereocenters. The maximum atomic E-state index is 13.1. The highest BCUT2D eigenvalue weighted by molar-refractivity contribution is 7.47. The molecule has 17 nitrogen and oxygen atoms in total. The smallest absolute Gasteiger partial charge is 0.462 e. The van der Waals surface area contributed by atoms with Crippen LogP contribution in [0.2, 0.25) is 0 Å². The Morgan fingerprint density at radius 1 is 0.276 bits per heavy atom. The predicted octanol–water partition coefficient (Wildman–Crippen LogP) is 23.5. The van der Waals surface area contributed by atoms with Gasteiger partial charge in [0.15, 0.2) is 12.2 Å². The van der Waals surface area contributed by atoms with E-state index in [1.165, 1.54) is 225 Å². The Hall–Kier alpha value is -1.94. The monoisotopic (exact) mass is 1440 g/mol. The number of phosphoric ester groups is 2. The summed E-state index contributed by atoms with van der Waals surface area (Å²) in [6.45, 7) is 9.49. The van der Waals surface area contributed by atoms with Crippen LogP contribution in [0.4, 0.5) is 0 Å². The number of hydrogen-bond acceptors (Lipinski definition) is 15. The van der Waals surface area contributed by atoms with Crippen LogP contribution in [0.5, 0.6) is 0 Å². The second-order valence-electron chi connectivity index (χ2n) is 29.4. The SMILES string of the molecule is CCCCCCCCCCCCCCCCCCCCCC(=O)OC[C@H](COP(=O)(O)OC[C@@H](O)COP(=O)(O)OC[C@@H](COC(=O)CCCCCCCCC(C)C)OC(=O)CCCCCCCCCCC(C)C)OC(=O)CCCCCCCCCCCCCCCCCCCCC. The lowest BCUT2D eigenvalue weighted by molar-refractivity contribution is -0.161. The molecule has 0 spiro atoms. The molecule has 0 radical (unpaired) electrons. The van der Waals surface area contributed by atoms with Crippen molar-refractivity contribution in [3.63, 3.8) is 0 Å². The number of aliphatic hydroxyl groups excluding tert-OH is 1. The first kappa shape index (κ1) is 96.1. The fraction of sp³-hybridized carbons (Fsp3) is 0.949. The van der Waals surface area contributed by atoms with Gasteiger partial charge in [-0.1, -0.05) is 363 Å². The Labute approximate surface area is 600 Å². The van der Waals surface area contributed by atoms with E-state index in [4.69, 9.17) is 37.0 Å². The van der Waals surface area contributed by atoms with Gasteiger partial charge in [0.25, 0.3) is 0 Å². The zero-order valence-electron chi connectivity index (χ0n) is 64.1. The Morgan fingerprint density at radius 3 is 0.694 bits per heavy atom. The molecular weight excluding hydrogens is 1280 g/mol. The first-order valence-electron chi connectivity index (χ1n) is 41.0. The first-order valence-corrected chi connectivity index (χ1v) is 44.0. The van der Waals surface area contributed by atoms with Gasteiger partial charge >= 0.3 is 39.5 Å². The second-order valence-corrected chi connectivity index (χ2v) is 32.3. The van der Waals surface area contributed by atoms with Gasteiger partial charge in [-0.15, -0.1) is 0 Å². The second kappa shape index (κ2) is 70.7. The summed E-state index contributed by atoms with van der Waals surface area (Å²) in [6.07, 6.45) is 60.1. The van der Waals surface area contributed by atoms with Gasteiger partial charge in [0.2, 0.25) is 0 Å². The lowest BCUT2D eigenvalue weighted by Crippen LogP contribution is -2.30. The molecule has 0 saturated heterocycles.